The second-order valence-electron chi connectivity index (χ2n) is 11.2. The largest absolute Gasteiger partial charge is 0.492 e. The normalized spacial score (nSPS) is 15.8. The summed E-state index contributed by atoms with van der Waals surface area (Å²) >= 11 is 0. The van der Waals surface area contributed by atoms with Gasteiger partial charge in [-0.1, -0.05) is 0 Å². The summed E-state index contributed by atoms with van der Waals surface area (Å²) < 4.78 is 72.8. The van der Waals surface area contributed by atoms with Gasteiger partial charge in [0.05, 0.1) is 29.0 Å². The van der Waals surface area contributed by atoms with Gasteiger partial charge < -0.3 is 29.7 Å². The molecule has 0 saturated carbocycles. The Bertz CT molecular complexity index is 1690. The Balaban J connectivity index is 1.45. The second kappa shape index (κ2) is 14.1. The van der Waals surface area contributed by atoms with E-state index in [0.29, 0.717) is 49.6 Å². The molecule has 2 aliphatic heterocycles. The molecule has 0 radical (unpaired) electrons. The highest BCUT2D eigenvalue weighted by Gasteiger charge is 2.35. The van der Waals surface area contributed by atoms with E-state index < -0.39 is 38.6 Å². The number of carbonyl (C=O) groups excluding carboxylic acids is 2. The molecule has 2 aliphatic rings. The van der Waals surface area contributed by atoms with E-state index in [4.69, 9.17) is 14.2 Å². The van der Waals surface area contributed by atoms with Gasteiger partial charge in [-0.2, -0.15) is 8.99 Å². The number of anilines is 2. The SMILES string of the molecule is COC(=O)n1nc(NC(=O)c2ccc(OCCN(C)C)cc2NC2CCOCC2)c2c1CCN(S(=O)(=O)c1cc(F)cc(F)c1)C2. The van der Waals surface area contributed by atoms with Crippen molar-refractivity contribution in [1.29, 1.82) is 0 Å². The van der Waals surface area contributed by atoms with Crippen LogP contribution in [-0.4, -0.2) is 99.6 Å². The molecule has 0 bridgehead atoms. The third kappa shape index (κ3) is 7.46. The lowest BCUT2D eigenvalue weighted by Crippen LogP contribution is -2.37. The molecule has 1 aromatic heterocycles. The monoisotopic (exact) mass is 662 g/mol. The quantitative estimate of drug-likeness (QED) is 0.332. The summed E-state index contributed by atoms with van der Waals surface area (Å²) in [6.45, 7) is 1.86. The fourth-order valence-electron chi connectivity index (χ4n) is 5.28. The Kier molecular flexibility index (Phi) is 10.2. The molecule has 2 aromatic carbocycles. The van der Waals surface area contributed by atoms with Crippen molar-refractivity contribution < 1.29 is 41.0 Å². The average molecular weight is 663 g/mol. The molecular formula is C30H36F2N6O7S. The van der Waals surface area contributed by atoms with Crippen molar-refractivity contribution in [2.75, 3.05) is 64.7 Å². The maximum absolute atomic E-state index is 13.9. The van der Waals surface area contributed by atoms with Crippen LogP contribution in [0.5, 0.6) is 5.75 Å². The van der Waals surface area contributed by atoms with Crippen molar-refractivity contribution in [2.24, 2.45) is 0 Å². The summed E-state index contributed by atoms with van der Waals surface area (Å²) in [5.74, 6) is -2.14. The molecule has 46 heavy (non-hydrogen) atoms. The summed E-state index contributed by atoms with van der Waals surface area (Å²) in [6.07, 6.45) is 0.661. The number of hydrogen-bond acceptors (Lipinski definition) is 10. The van der Waals surface area contributed by atoms with Gasteiger partial charge >= 0.3 is 6.09 Å². The summed E-state index contributed by atoms with van der Waals surface area (Å²) in [5, 5.41) is 10.4. The van der Waals surface area contributed by atoms with Gasteiger partial charge in [0, 0.05) is 63.0 Å². The first-order valence-corrected chi connectivity index (χ1v) is 16.1. The molecule has 1 saturated heterocycles. The third-order valence-corrected chi connectivity index (χ3v) is 9.52. The van der Waals surface area contributed by atoms with Gasteiger partial charge in [0.1, 0.15) is 24.0 Å². The molecule has 3 heterocycles. The fourth-order valence-corrected chi connectivity index (χ4v) is 6.73. The number of carbonyl (C=O) groups is 2. The predicted molar refractivity (Wildman–Crippen MR) is 164 cm³/mol. The first kappa shape index (κ1) is 33.2. The number of fused-ring (bicyclic) bond motifs is 1. The molecule has 0 aliphatic carbocycles. The van der Waals surface area contributed by atoms with E-state index in [1.54, 1.807) is 18.2 Å². The van der Waals surface area contributed by atoms with Crippen LogP contribution in [0.15, 0.2) is 41.3 Å². The Hall–Kier alpha value is -4.12. The highest BCUT2D eigenvalue weighted by molar-refractivity contribution is 7.89. The average Bonchev–Trinajstić information content (AvgIpc) is 3.38. The number of halogens is 2. The van der Waals surface area contributed by atoms with Crippen LogP contribution >= 0.6 is 0 Å². The van der Waals surface area contributed by atoms with Gasteiger partial charge in [-0.25, -0.2) is 22.0 Å². The van der Waals surface area contributed by atoms with Crippen molar-refractivity contribution in [2.45, 2.75) is 36.7 Å². The smallest absolute Gasteiger partial charge is 0.434 e. The highest BCUT2D eigenvalue weighted by Crippen LogP contribution is 2.32. The molecule has 0 unspecified atom stereocenters. The van der Waals surface area contributed by atoms with E-state index in [9.17, 15) is 26.8 Å². The first-order chi connectivity index (χ1) is 22.0. The van der Waals surface area contributed by atoms with E-state index in [2.05, 4.69) is 15.7 Å². The van der Waals surface area contributed by atoms with Crippen LogP contribution in [0, 0.1) is 11.6 Å². The first-order valence-electron chi connectivity index (χ1n) is 14.7. The van der Waals surface area contributed by atoms with Gasteiger partial charge in [0.15, 0.2) is 5.82 Å². The van der Waals surface area contributed by atoms with E-state index in [1.807, 2.05) is 19.0 Å². The van der Waals surface area contributed by atoms with Gasteiger partial charge in [-0.05, 0) is 51.2 Å². The molecule has 5 rings (SSSR count). The number of amides is 1. The van der Waals surface area contributed by atoms with Crippen LogP contribution in [0.1, 0.15) is 34.5 Å². The highest BCUT2D eigenvalue weighted by atomic mass is 32.2. The zero-order valence-corrected chi connectivity index (χ0v) is 26.5. The summed E-state index contributed by atoms with van der Waals surface area (Å²) in [5.41, 5.74) is 1.37. The van der Waals surface area contributed by atoms with Gasteiger partial charge in [-0.3, -0.25) is 4.79 Å². The molecule has 248 valence electrons. The van der Waals surface area contributed by atoms with Crippen LogP contribution in [0.4, 0.5) is 25.1 Å². The number of nitrogens with one attached hydrogen (secondary N) is 2. The topological polar surface area (TPSA) is 144 Å². The van der Waals surface area contributed by atoms with Crippen LogP contribution in [-0.2, 0) is 32.5 Å². The van der Waals surface area contributed by atoms with Gasteiger partial charge in [0.2, 0.25) is 10.0 Å². The minimum absolute atomic E-state index is 0.0138. The van der Waals surface area contributed by atoms with Crippen molar-refractivity contribution >= 4 is 33.5 Å². The zero-order valence-electron chi connectivity index (χ0n) is 25.7. The molecule has 0 atom stereocenters. The number of benzene rings is 2. The number of rotatable bonds is 10. The summed E-state index contributed by atoms with van der Waals surface area (Å²) in [6, 6.07) is 7.12. The summed E-state index contributed by atoms with van der Waals surface area (Å²) in [7, 11) is 0.687. The number of methoxy groups -OCH3 is 1. The van der Waals surface area contributed by atoms with E-state index >= 15 is 0 Å². The Morgan fingerprint density at radius 2 is 1.83 bits per heavy atom. The van der Waals surface area contributed by atoms with Crippen LogP contribution < -0.4 is 15.4 Å². The minimum atomic E-state index is -4.35. The number of likely N-dealkylation sites (N-methyl/N-ethyl adjacent to an activating group) is 1. The van der Waals surface area contributed by atoms with Gasteiger partial charge in [-0.15, -0.1) is 5.10 Å². The number of nitrogens with zero attached hydrogens (tertiary/aromatic N) is 4. The van der Waals surface area contributed by atoms with Crippen LogP contribution in [0.3, 0.4) is 0 Å². The lowest BCUT2D eigenvalue weighted by atomic mass is 10.1. The van der Waals surface area contributed by atoms with E-state index in [1.165, 1.54) is 7.11 Å². The van der Waals surface area contributed by atoms with E-state index in [-0.39, 0.29) is 42.5 Å². The Morgan fingerprint density at radius 1 is 1.11 bits per heavy atom. The molecule has 13 nitrogen and oxygen atoms in total. The Morgan fingerprint density at radius 3 is 2.50 bits per heavy atom. The minimum Gasteiger partial charge on any atom is -0.492 e. The molecule has 1 fully saturated rings. The van der Waals surface area contributed by atoms with Crippen molar-refractivity contribution in [3.05, 3.63) is 64.9 Å². The molecule has 3 aromatic rings. The maximum Gasteiger partial charge on any atom is 0.434 e. The van der Waals surface area contributed by atoms with Gasteiger partial charge in [0.25, 0.3) is 5.91 Å². The fraction of sp³-hybridized carbons (Fsp3) is 0.433. The van der Waals surface area contributed by atoms with Crippen LogP contribution in [0.2, 0.25) is 0 Å². The lowest BCUT2D eigenvalue weighted by Gasteiger charge is -2.27. The van der Waals surface area contributed by atoms with Crippen molar-refractivity contribution in [3.63, 3.8) is 0 Å². The van der Waals surface area contributed by atoms with Crippen molar-refractivity contribution in [3.8, 4) is 5.75 Å². The lowest BCUT2D eigenvalue weighted by molar-refractivity contribution is 0.0904. The zero-order chi connectivity index (χ0) is 33.0. The maximum atomic E-state index is 13.9. The molecular weight excluding hydrogens is 626 g/mol. The number of sulfonamides is 1. The molecule has 16 heteroatoms. The van der Waals surface area contributed by atoms with Crippen LogP contribution in [0.25, 0.3) is 0 Å². The molecule has 0 spiro atoms. The molecule has 2 N–H and O–H groups in total. The summed E-state index contributed by atoms with van der Waals surface area (Å²) in [4.78, 5) is 27.8. The predicted octanol–water partition coefficient (Wildman–Crippen LogP) is 3.31. The Labute approximate surface area is 265 Å². The number of aromatic nitrogens is 2. The number of ether oxygens (including phenoxy) is 3. The number of hydrogen-bond donors (Lipinski definition) is 2. The van der Waals surface area contributed by atoms with Crippen molar-refractivity contribution in [1.82, 2.24) is 19.0 Å². The third-order valence-electron chi connectivity index (χ3n) is 7.70. The standard InChI is InChI=1S/C30H36F2N6O7S/c1-36(2)10-13-45-22-4-5-24(26(17-22)33-21-7-11-44-12-8-21)29(39)34-28-25-18-37(9-6-27(25)38(35-28)30(40)43-3)46(41,42)23-15-19(31)14-20(32)16-23/h4-5,14-17,21,33H,6-13,18H2,1-3H3,(H,34,35,39). The second-order valence-corrected chi connectivity index (χ2v) is 13.1. The molecule has 1 amide bonds. The van der Waals surface area contributed by atoms with E-state index in [0.717, 1.165) is 34.0 Å².